The fraction of sp³-hybridized carbons (Fsp3) is 0.485. The van der Waals surface area contributed by atoms with Gasteiger partial charge in [-0.25, -0.2) is 4.79 Å². The molecule has 0 fully saturated rings. The predicted molar refractivity (Wildman–Crippen MR) is 173 cm³/mol. The van der Waals surface area contributed by atoms with Crippen LogP contribution < -0.4 is 15.4 Å². The minimum atomic E-state index is -0.946. The van der Waals surface area contributed by atoms with E-state index in [2.05, 4.69) is 24.1 Å². The van der Waals surface area contributed by atoms with Crippen LogP contribution in [-0.2, 0) is 14.3 Å². The van der Waals surface area contributed by atoms with Crippen molar-refractivity contribution in [2.75, 3.05) is 31.0 Å². The molecule has 0 aliphatic heterocycles. The second kappa shape index (κ2) is 17.5. The molecule has 0 saturated carbocycles. The maximum Gasteiger partial charge on any atom is 0.408 e. The van der Waals surface area contributed by atoms with Gasteiger partial charge < -0.3 is 25.0 Å². The molecule has 0 bridgehead atoms. The van der Waals surface area contributed by atoms with Crippen LogP contribution in [0.2, 0.25) is 0 Å². The normalized spacial score (nSPS) is 12.5. The molecule has 230 valence electrons. The summed E-state index contributed by atoms with van der Waals surface area (Å²) in [6, 6.07) is 12.7. The maximum atomic E-state index is 14.4. The minimum Gasteiger partial charge on any atom is -0.497 e. The lowest BCUT2D eigenvalue weighted by atomic mass is 9.99. The number of alkyl carbamates (subject to hydrolysis) is 1. The summed E-state index contributed by atoms with van der Waals surface area (Å²) in [5.74, 6) is 0.627. The van der Waals surface area contributed by atoms with Crippen LogP contribution in [0.15, 0.2) is 55.1 Å². The molecule has 2 N–H and O–H groups in total. The van der Waals surface area contributed by atoms with Crippen molar-refractivity contribution >= 4 is 41.4 Å². The molecule has 0 radical (unpaired) electrons. The van der Waals surface area contributed by atoms with Crippen LogP contribution in [0.4, 0.5) is 10.5 Å². The number of rotatable bonds is 16. The van der Waals surface area contributed by atoms with E-state index < -0.39 is 23.8 Å². The molecule has 0 heterocycles. The quantitative estimate of drug-likeness (QED) is 0.201. The number of carbonyl (C=O) groups is 3. The molecule has 2 atom stereocenters. The number of nitrogens with zero attached hydrogens (tertiary/aromatic N) is 1. The van der Waals surface area contributed by atoms with Gasteiger partial charge in [0.05, 0.1) is 7.11 Å². The SMILES string of the molecule is C=Cc1cccc(C(C(=O)Nc2ccc(OC)cc2)N(CCCCCC)C(=O)C(CCSC)NC(=O)OC(C)(C)C)c1. The Bertz CT molecular complexity index is 1160. The maximum absolute atomic E-state index is 14.4. The molecule has 2 aromatic rings. The van der Waals surface area contributed by atoms with E-state index in [1.807, 2.05) is 30.5 Å². The van der Waals surface area contributed by atoms with E-state index in [0.29, 0.717) is 42.1 Å². The second-order valence-electron chi connectivity index (χ2n) is 11.1. The molecule has 8 nitrogen and oxygen atoms in total. The highest BCUT2D eigenvalue weighted by Gasteiger charge is 2.36. The number of anilines is 1. The van der Waals surface area contributed by atoms with Crippen LogP contribution in [0.3, 0.4) is 0 Å². The van der Waals surface area contributed by atoms with Gasteiger partial charge in [0.1, 0.15) is 23.4 Å². The first-order valence-electron chi connectivity index (χ1n) is 14.5. The number of thioether (sulfide) groups is 1. The predicted octanol–water partition coefficient (Wildman–Crippen LogP) is 7.07. The van der Waals surface area contributed by atoms with Crippen LogP contribution in [0.25, 0.3) is 6.08 Å². The molecular weight excluding hydrogens is 550 g/mol. The molecule has 0 aliphatic carbocycles. The van der Waals surface area contributed by atoms with Crippen molar-refractivity contribution in [3.63, 3.8) is 0 Å². The highest BCUT2D eigenvalue weighted by Crippen LogP contribution is 2.27. The van der Waals surface area contributed by atoms with E-state index in [1.54, 1.807) is 74.9 Å². The van der Waals surface area contributed by atoms with E-state index in [0.717, 1.165) is 24.8 Å². The summed E-state index contributed by atoms with van der Waals surface area (Å²) in [5, 5.41) is 5.78. The van der Waals surface area contributed by atoms with Crippen molar-refractivity contribution in [1.29, 1.82) is 0 Å². The van der Waals surface area contributed by atoms with Crippen molar-refractivity contribution in [1.82, 2.24) is 10.2 Å². The summed E-state index contributed by atoms with van der Waals surface area (Å²) in [5.41, 5.74) is 1.35. The molecular formula is C33H47N3O5S. The molecule has 0 saturated heterocycles. The minimum absolute atomic E-state index is 0.328. The zero-order valence-electron chi connectivity index (χ0n) is 25.9. The standard InChI is InChI=1S/C33H47N3O5S/c1-8-10-11-12-21-36(31(38)28(20-22-42-7)35-32(39)41-33(3,4)5)29(25-15-13-14-24(9-2)23-25)30(37)34-26-16-18-27(40-6)19-17-26/h9,13-19,23,28-29H,2,8,10-12,20-22H2,1,3-7H3,(H,34,37)(H,35,39). The Morgan fingerprint density at radius 3 is 2.38 bits per heavy atom. The highest BCUT2D eigenvalue weighted by molar-refractivity contribution is 7.98. The largest absolute Gasteiger partial charge is 0.497 e. The van der Waals surface area contributed by atoms with E-state index in [9.17, 15) is 14.4 Å². The van der Waals surface area contributed by atoms with Crippen molar-refractivity contribution in [3.8, 4) is 5.75 Å². The number of hydrogen-bond acceptors (Lipinski definition) is 6. The van der Waals surface area contributed by atoms with Crippen molar-refractivity contribution in [2.24, 2.45) is 0 Å². The molecule has 2 rings (SSSR count). The van der Waals surface area contributed by atoms with Gasteiger partial charge in [-0.1, -0.05) is 57.0 Å². The Balaban J connectivity index is 2.55. The summed E-state index contributed by atoms with van der Waals surface area (Å²) in [6.07, 6.45) is 7.06. The van der Waals surface area contributed by atoms with Gasteiger partial charge in [0.2, 0.25) is 5.91 Å². The fourth-order valence-electron chi connectivity index (χ4n) is 4.43. The Kier molecular flexibility index (Phi) is 14.5. The van der Waals surface area contributed by atoms with Crippen LogP contribution in [0.5, 0.6) is 5.75 Å². The van der Waals surface area contributed by atoms with Crippen molar-refractivity contribution < 1.29 is 23.9 Å². The highest BCUT2D eigenvalue weighted by atomic mass is 32.2. The first kappa shape index (κ1) is 34.7. The number of benzene rings is 2. The van der Waals surface area contributed by atoms with Gasteiger partial charge in [0.15, 0.2) is 0 Å². The Hall–Kier alpha value is -3.46. The van der Waals surface area contributed by atoms with E-state index >= 15 is 0 Å². The van der Waals surface area contributed by atoms with Gasteiger partial charge >= 0.3 is 6.09 Å². The van der Waals surface area contributed by atoms with Crippen molar-refractivity contribution in [3.05, 3.63) is 66.2 Å². The van der Waals surface area contributed by atoms with Gasteiger partial charge in [0.25, 0.3) is 5.91 Å². The average Bonchev–Trinajstić information content (AvgIpc) is 2.95. The molecule has 0 spiro atoms. The number of amides is 3. The number of unbranched alkanes of at least 4 members (excludes halogenated alkanes) is 3. The van der Waals surface area contributed by atoms with Crippen molar-refractivity contribution in [2.45, 2.75) is 77.5 Å². The monoisotopic (exact) mass is 597 g/mol. The first-order chi connectivity index (χ1) is 20.0. The number of methoxy groups -OCH3 is 1. The fourth-order valence-corrected chi connectivity index (χ4v) is 4.90. The van der Waals surface area contributed by atoms with Crippen LogP contribution in [-0.4, -0.2) is 60.1 Å². The van der Waals surface area contributed by atoms with E-state index in [1.165, 1.54) is 0 Å². The summed E-state index contributed by atoms with van der Waals surface area (Å²) in [4.78, 5) is 42.8. The third kappa shape index (κ3) is 11.4. The van der Waals surface area contributed by atoms with E-state index in [4.69, 9.17) is 9.47 Å². The summed E-state index contributed by atoms with van der Waals surface area (Å²) in [7, 11) is 1.58. The summed E-state index contributed by atoms with van der Waals surface area (Å²) < 4.78 is 10.7. The Labute approximate surface area is 255 Å². The lowest BCUT2D eigenvalue weighted by Crippen LogP contribution is -2.52. The van der Waals surface area contributed by atoms with Crippen LogP contribution in [0, 0.1) is 0 Å². The smallest absolute Gasteiger partial charge is 0.408 e. The van der Waals surface area contributed by atoms with Gasteiger partial charge in [-0.05, 0) is 87.1 Å². The third-order valence-corrected chi connectivity index (χ3v) is 7.16. The first-order valence-corrected chi connectivity index (χ1v) is 15.9. The molecule has 2 aromatic carbocycles. The number of nitrogens with one attached hydrogen (secondary N) is 2. The third-order valence-electron chi connectivity index (χ3n) is 6.52. The number of carbonyl (C=O) groups excluding carboxylic acids is 3. The molecule has 9 heteroatoms. The van der Waals surface area contributed by atoms with Gasteiger partial charge in [0, 0.05) is 12.2 Å². The molecule has 3 amide bonds. The molecule has 0 aromatic heterocycles. The Morgan fingerprint density at radius 2 is 1.79 bits per heavy atom. The Morgan fingerprint density at radius 1 is 1.07 bits per heavy atom. The topological polar surface area (TPSA) is 97.0 Å². The second-order valence-corrected chi connectivity index (χ2v) is 12.1. The molecule has 42 heavy (non-hydrogen) atoms. The lowest BCUT2D eigenvalue weighted by Gasteiger charge is -2.34. The summed E-state index contributed by atoms with van der Waals surface area (Å²) in [6.45, 7) is 11.7. The molecule has 2 unspecified atom stereocenters. The number of hydrogen-bond donors (Lipinski definition) is 2. The van der Waals surface area contributed by atoms with E-state index in [-0.39, 0.29) is 11.8 Å². The summed E-state index contributed by atoms with van der Waals surface area (Å²) >= 11 is 1.58. The lowest BCUT2D eigenvalue weighted by molar-refractivity contribution is -0.141. The average molecular weight is 598 g/mol. The van der Waals surface area contributed by atoms with Gasteiger partial charge in [-0.15, -0.1) is 0 Å². The van der Waals surface area contributed by atoms with Crippen LogP contribution >= 0.6 is 11.8 Å². The molecule has 0 aliphatic rings. The van der Waals surface area contributed by atoms with Crippen LogP contribution in [0.1, 0.15) is 77.0 Å². The zero-order valence-corrected chi connectivity index (χ0v) is 26.7. The number of ether oxygens (including phenoxy) is 2. The van der Waals surface area contributed by atoms with Gasteiger partial charge in [-0.3, -0.25) is 9.59 Å². The van der Waals surface area contributed by atoms with Gasteiger partial charge in [-0.2, -0.15) is 11.8 Å². The zero-order chi connectivity index (χ0) is 31.1.